The molecule has 0 aromatic carbocycles. The van der Waals surface area contributed by atoms with E-state index in [2.05, 4.69) is 15.6 Å². The summed E-state index contributed by atoms with van der Waals surface area (Å²) in [5, 5.41) is 5.87. The van der Waals surface area contributed by atoms with E-state index < -0.39 is 20.5 Å². The molecule has 0 bridgehead atoms. The molecule has 1 aliphatic rings. The minimum atomic E-state index is -3.50. The molecule has 2 aromatic heterocycles. The molecule has 24 heavy (non-hydrogen) atoms. The van der Waals surface area contributed by atoms with Gasteiger partial charge in [0.05, 0.1) is 12.2 Å². The molecule has 130 valence electrons. The van der Waals surface area contributed by atoms with Crippen molar-refractivity contribution in [2.75, 3.05) is 19.3 Å². The summed E-state index contributed by atoms with van der Waals surface area (Å²) in [5.74, 6) is -0.431. The van der Waals surface area contributed by atoms with Gasteiger partial charge in [-0.15, -0.1) is 0 Å². The normalized spacial score (nSPS) is 17.8. The van der Waals surface area contributed by atoms with E-state index >= 15 is 0 Å². The van der Waals surface area contributed by atoms with Crippen molar-refractivity contribution in [1.29, 1.82) is 0 Å². The van der Waals surface area contributed by atoms with Gasteiger partial charge in [-0.25, -0.2) is 13.4 Å². The Labute approximate surface area is 141 Å². The Morgan fingerprint density at radius 2 is 2.12 bits per heavy atom. The Kier molecular flexibility index (Phi) is 4.35. The number of hydrogen-bond acceptors (Lipinski definition) is 5. The number of aryl methyl sites for hydroxylation is 1. The second-order valence-electron chi connectivity index (χ2n) is 6.40. The van der Waals surface area contributed by atoms with Gasteiger partial charge in [0.15, 0.2) is 14.6 Å². The van der Waals surface area contributed by atoms with Crippen molar-refractivity contribution in [3.8, 4) is 0 Å². The van der Waals surface area contributed by atoms with E-state index in [-0.39, 0.29) is 6.54 Å². The van der Waals surface area contributed by atoms with Gasteiger partial charge in [0.1, 0.15) is 5.65 Å². The summed E-state index contributed by atoms with van der Waals surface area (Å²) < 4.78 is 25.0. The Morgan fingerprint density at radius 1 is 1.42 bits per heavy atom. The first-order chi connectivity index (χ1) is 11.3. The molecule has 0 spiro atoms. The van der Waals surface area contributed by atoms with E-state index in [0.717, 1.165) is 17.5 Å². The van der Waals surface area contributed by atoms with Crippen molar-refractivity contribution in [3.05, 3.63) is 35.8 Å². The maximum Gasteiger partial charge on any atom is 0.241 e. The van der Waals surface area contributed by atoms with E-state index in [0.29, 0.717) is 31.6 Å². The van der Waals surface area contributed by atoms with Crippen molar-refractivity contribution in [1.82, 2.24) is 20.0 Å². The second-order valence-corrected chi connectivity index (χ2v) is 8.73. The summed E-state index contributed by atoms with van der Waals surface area (Å²) >= 11 is 0. The second kappa shape index (κ2) is 6.18. The number of sulfone groups is 1. The zero-order valence-electron chi connectivity index (χ0n) is 13.9. The molecule has 0 saturated carbocycles. The SMILES string of the molecule is Cc1ccn2cc(CNC(=O)C3(S(C)(=O)=O)CCNCC3)nc2c1. The predicted molar refractivity (Wildman–Crippen MR) is 91.5 cm³/mol. The van der Waals surface area contributed by atoms with Gasteiger partial charge in [-0.05, 0) is 50.6 Å². The number of fused-ring (bicyclic) bond motifs is 1. The van der Waals surface area contributed by atoms with Crippen LogP contribution in [0.15, 0.2) is 24.5 Å². The van der Waals surface area contributed by atoms with E-state index in [1.54, 1.807) is 0 Å². The van der Waals surface area contributed by atoms with Crippen molar-refractivity contribution < 1.29 is 13.2 Å². The first kappa shape index (κ1) is 16.9. The summed E-state index contributed by atoms with van der Waals surface area (Å²) in [5.41, 5.74) is 2.61. The van der Waals surface area contributed by atoms with E-state index in [1.807, 2.05) is 35.9 Å². The topological polar surface area (TPSA) is 92.6 Å². The summed E-state index contributed by atoms with van der Waals surface area (Å²) in [4.78, 5) is 17.1. The minimum absolute atomic E-state index is 0.213. The number of amides is 1. The Morgan fingerprint density at radius 3 is 2.79 bits per heavy atom. The summed E-state index contributed by atoms with van der Waals surface area (Å²) in [7, 11) is -3.50. The Bertz CT molecular complexity index is 867. The molecular weight excluding hydrogens is 328 g/mol. The van der Waals surface area contributed by atoms with Crippen LogP contribution in [0.2, 0.25) is 0 Å². The lowest BCUT2D eigenvalue weighted by Crippen LogP contribution is -2.57. The highest BCUT2D eigenvalue weighted by molar-refractivity contribution is 7.92. The number of pyridine rings is 1. The highest BCUT2D eigenvalue weighted by atomic mass is 32.2. The van der Waals surface area contributed by atoms with Gasteiger partial charge in [0.2, 0.25) is 5.91 Å². The third-order valence-electron chi connectivity index (χ3n) is 4.63. The molecule has 1 fully saturated rings. The van der Waals surface area contributed by atoms with Gasteiger partial charge < -0.3 is 15.0 Å². The average Bonchev–Trinajstić information content (AvgIpc) is 2.94. The third-order valence-corrected chi connectivity index (χ3v) is 6.64. The number of rotatable bonds is 4. The van der Waals surface area contributed by atoms with Gasteiger partial charge in [-0.2, -0.15) is 0 Å². The van der Waals surface area contributed by atoms with Crippen LogP contribution in [0.4, 0.5) is 0 Å². The molecule has 0 aliphatic carbocycles. The number of nitrogens with zero attached hydrogens (tertiary/aromatic N) is 2. The number of aromatic nitrogens is 2. The summed E-state index contributed by atoms with van der Waals surface area (Å²) in [6.07, 6.45) is 5.48. The molecule has 1 saturated heterocycles. The predicted octanol–water partition coefficient (Wildman–Crippen LogP) is 0.426. The maximum atomic E-state index is 12.7. The molecule has 8 heteroatoms. The van der Waals surface area contributed by atoms with Crippen molar-refractivity contribution in [2.24, 2.45) is 0 Å². The quantitative estimate of drug-likeness (QED) is 0.834. The number of imidazole rings is 1. The molecule has 2 aromatic rings. The van der Waals surface area contributed by atoms with Crippen LogP contribution in [0.25, 0.3) is 5.65 Å². The summed E-state index contributed by atoms with van der Waals surface area (Å²) in [6, 6.07) is 3.93. The van der Waals surface area contributed by atoms with Gasteiger partial charge in [0.25, 0.3) is 0 Å². The fourth-order valence-electron chi connectivity index (χ4n) is 3.15. The van der Waals surface area contributed by atoms with Crippen molar-refractivity contribution >= 4 is 21.4 Å². The van der Waals surface area contributed by atoms with Gasteiger partial charge in [0, 0.05) is 18.6 Å². The van der Waals surface area contributed by atoms with Crippen LogP contribution in [0, 0.1) is 6.92 Å². The first-order valence-corrected chi connectivity index (χ1v) is 9.84. The molecule has 1 aliphatic heterocycles. The third kappa shape index (κ3) is 3.03. The van der Waals surface area contributed by atoms with Crippen LogP contribution in [-0.2, 0) is 21.2 Å². The van der Waals surface area contributed by atoms with Crippen LogP contribution in [0.1, 0.15) is 24.1 Å². The van der Waals surface area contributed by atoms with Crippen LogP contribution in [-0.4, -0.2) is 47.8 Å². The molecule has 2 N–H and O–H groups in total. The minimum Gasteiger partial charge on any atom is -0.349 e. The van der Waals surface area contributed by atoms with Gasteiger partial charge >= 0.3 is 0 Å². The molecule has 3 heterocycles. The number of carbonyl (C=O) groups is 1. The Balaban J connectivity index is 1.77. The van der Waals surface area contributed by atoms with E-state index in [1.165, 1.54) is 0 Å². The fraction of sp³-hybridized carbons (Fsp3) is 0.500. The number of hydrogen-bond donors (Lipinski definition) is 2. The molecule has 0 unspecified atom stereocenters. The smallest absolute Gasteiger partial charge is 0.241 e. The number of carbonyl (C=O) groups excluding carboxylic acids is 1. The zero-order chi connectivity index (χ0) is 17.4. The largest absolute Gasteiger partial charge is 0.349 e. The first-order valence-electron chi connectivity index (χ1n) is 7.95. The number of nitrogens with one attached hydrogen (secondary N) is 2. The van der Waals surface area contributed by atoms with Gasteiger partial charge in [-0.3, -0.25) is 4.79 Å². The molecule has 0 atom stereocenters. The molecule has 7 nitrogen and oxygen atoms in total. The number of piperidine rings is 1. The lowest BCUT2D eigenvalue weighted by atomic mass is 9.96. The van der Waals surface area contributed by atoms with Crippen LogP contribution in [0.3, 0.4) is 0 Å². The maximum absolute atomic E-state index is 12.7. The molecule has 3 rings (SSSR count). The van der Waals surface area contributed by atoms with Crippen LogP contribution < -0.4 is 10.6 Å². The molecule has 1 amide bonds. The summed E-state index contributed by atoms with van der Waals surface area (Å²) in [6.45, 7) is 3.25. The van der Waals surface area contributed by atoms with Crippen LogP contribution >= 0.6 is 0 Å². The van der Waals surface area contributed by atoms with Crippen LogP contribution in [0.5, 0.6) is 0 Å². The van der Waals surface area contributed by atoms with Crippen molar-refractivity contribution in [2.45, 2.75) is 31.1 Å². The standard InChI is InChI=1S/C16H22N4O3S/c1-12-3-8-20-11-13(19-14(20)9-12)10-18-15(21)16(24(2,22)23)4-6-17-7-5-16/h3,8-9,11,17H,4-7,10H2,1-2H3,(H,18,21). The lowest BCUT2D eigenvalue weighted by molar-refractivity contribution is -0.124. The average molecular weight is 350 g/mol. The highest BCUT2D eigenvalue weighted by Crippen LogP contribution is 2.28. The van der Waals surface area contributed by atoms with Crippen molar-refractivity contribution in [3.63, 3.8) is 0 Å². The fourth-order valence-corrected chi connectivity index (χ4v) is 4.50. The molecule has 0 radical (unpaired) electrons. The molecular formula is C16H22N4O3S. The zero-order valence-corrected chi connectivity index (χ0v) is 14.7. The van der Waals surface area contributed by atoms with Gasteiger partial charge in [-0.1, -0.05) is 0 Å². The van der Waals surface area contributed by atoms with E-state index in [4.69, 9.17) is 0 Å². The highest BCUT2D eigenvalue weighted by Gasteiger charge is 2.48. The monoisotopic (exact) mass is 350 g/mol. The van der Waals surface area contributed by atoms with E-state index in [9.17, 15) is 13.2 Å². The lowest BCUT2D eigenvalue weighted by Gasteiger charge is -2.34. The Hall–Kier alpha value is -1.93.